The number of piperazine rings is 1. The average Bonchev–Trinajstić information content (AvgIpc) is 3.13. The second-order valence-corrected chi connectivity index (χ2v) is 6.75. The van der Waals surface area contributed by atoms with Crippen molar-refractivity contribution in [2.75, 3.05) is 45.2 Å². The summed E-state index contributed by atoms with van der Waals surface area (Å²) in [6.45, 7) is 4.13. The minimum absolute atomic E-state index is 0.0784. The maximum atomic E-state index is 12.2. The van der Waals surface area contributed by atoms with Gasteiger partial charge in [-0.1, -0.05) is 23.7 Å². The number of amides is 1. The molecule has 27 heavy (non-hydrogen) atoms. The van der Waals surface area contributed by atoms with E-state index in [1.54, 1.807) is 24.3 Å². The van der Waals surface area contributed by atoms with Gasteiger partial charge in [0.05, 0.1) is 30.9 Å². The van der Waals surface area contributed by atoms with Crippen LogP contribution in [0, 0.1) is 0 Å². The molecule has 3 rings (SSSR count). The van der Waals surface area contributed by atoms with Crippen LogP contribution < -0.4 is 5.32 Å². The molecular formula is C19H22ClN3O4. The first-order chi connectivity index (χ1) is 13.0. The summed E-state index contributed by atoms with van der Waals surface area (Å²) in [5.74, 6) is 0.378. The Morgan fingerprint density at radius 1 is 1.11 bits per heavy atom. The van der Waals surface area contributed by atoms with Crippen molar-refractivity contribution in [3.63, 3.8) is 0 Å². The molecule has 2 aromatic rings. The van der Waals surface area contributed by atoms with Crippen molar-refractivity contribution < 1.29 is 18.7 Å². The lowest BCUT2D eigenvalue weighted by molar-refractivity contribution is -0.117. The topological polar surface area (TPSA) is 75.0 Å². The third-order valence-corrected chi connectivity index (χ3v) is 4.74. The molecule has 0 saturated carbocycles. The fraction of sp³-hybridized carbons (Fsp3) is 0.368. The highest BCUT2D eigenvalue weighted by Gasteiger charge is 2.21. The van der Waals surface area contributed by atoms with E-state index in [9.17, 15) is 9.59 Å². The van der Waals surface area contributed by atoms with E-state index in [0.717, 1.165) is 31.9 Å². The van der Waals surface area contributed by atoms with Crippen LogP contribution in [0.3, 0.4) is 0 Å². The molecule has 0 bridgehead atoms. The summed E-state index contributed by atoms with van der Waals surface area (Å²) in [6.07, 6.45) is 0. The number of halogens is 1. The van der Waals surface area contributed by atoms with Gasteiger partial charge in [0.15, 0.2) is 0 Å². The van der Waals surface area contributed by atoms with Gasteiger partial charge in [0.1, 0.15) is 5.76 Å². The molecule has 144 valence electrons. The SMILES string of the molecule is COC(=O)c1ccc(CN2CCN(CC(=O)Nc3ccccc3Cl)CC2)o1. The van der Waals surface area contributed by atoms with Crippen molar-refractivity contribution in [2.24, 2.45) is 0 Å². The van der Waals surface area contributed by atoms with Crippen molar-refractivity contribution in [2.45, 2.75) is 6.54 Å². The quantitative estimate of drug-likeness (QED) is 0.762. The second kappa shape index (κ2) is 9.03. The van der Waals surface area contributed by atoms with Crippen LogP contribution in [0.15, 0.2) is 40.8 Å². The number of carbonyl (C=O) groups is 2. The van der Waals surface area contributed by atoms with E-state index < -0.39 is 5.97 Å². The minimum atomic E-state index is -0.476. The maximum absolute atomic E-state index is 12.2. The number of para-hydroxylation sites is 1. The fourth-order valence-electron chi connectivity index (χ4n) is 2.95. The van der Waals surface area contributed by atoms with Gasteiger partial charge >= 0.3 is 5.97 Å². The molecule has 0 radical (unpaired) electrons. The highest BCUT2D eigenvalue weighted by Crippen LogP contribution is 2.20. The van der Waals surface area contributed by atoms with E-state index in [0.29, 0.717) is 23.8 Å². The molecule has 2 heterocycles. The first kappa shape index (κ1) is 19.4. The summed E-state index contributed by atoms with van der Waals surface area (Å²) in [5.41, 5.74) is 0.627. The van der Waals surface area contributed by atoms with Gasteiger partial charge < -0.3 is 14.5 Å². The number of carbonyl (C=O) groups excluding carboxylic acids is 2. The summed E-state index contributed by atoms with van der Waals surface area (Å²) in [6, 6.07) is 10.6. The highest BCUT2D eigenvalue weighted by atomic mass is 35.5. The predicted molar refractivity (Wildman–Crippen MR) is 102 cm³/mol. The Morgan fingerprint density at radius 3 is 2.52 bits per heavy atom. The van der Waals surface area contributed by atoms with Gasteiger partial charge in [-0.15, -0.1) is 0 Å². The van der Waals surface area contributed by atoms with E-state index in [2.05, 4.69) is 19.9 Å². The Kier molecular flexibility index (Phi) is 6.49. The van der Waals surface area contributed by atoms with Crippen LogP contribution in [-0.4, -0.2) is 61.5 Å². The van der Waals surface area contributed by atoms with Crippen molar-refractivity contribution in [3.8, 4) is 0 Å². The normalized spacial score (nSPS) is 15.5. The molecule has 1 fully saturated rings. The molecule has 8 heteroatoms. The first-order valence-corrected chi connectivity index (χ1v) is 9.09. The van der Waals surface area contributed by atoms with Crippen molar-refractivity contribution in [1.29, 1.82) is 0 Å². The van der Waals surface area contributed by atoms with Gasteiger partial charge in [-0.2, -0.15) is 0 Å². The number of methoxy groups -OCH3 is 1. The van der Waals surface area contributed by atoms with E-state index in [4.69, 9.17) is 16.0 Å². The summed E-state index contributed by atoms with van der Waals surface area (Å²) >= 11 is 6.06. The van der Waals surface area contributed by atoms with Crippen molar-refractivity contribution in [1.82, 2.24) is 9.80 Å². The Bertz CT molecular complexity index is 800. The number of hydrogen-bond acceptors (Lipinski definition) is 6. The predicted octanol–water partition coefficient (Wildman–Crippen LogP) is 2.48. The molecule has 0 atom stereocenters. The number of hydrogen-bond donors (Lipinski definition) is 1. The number of nitrogens with one attached hydrogen (secondary N) is 1. The molecule has 7 nitrogen and oxygen atoms in total. The van der Waals surface area contributed by atoms with Crippen LogP contribution in [0.1, 0.15) is 16.3 Å². The van der Waals surface area contributed by atoms with Crippen LogP contribution in [0.4, 0.5) is 5.69 Å². The zero-order valence-electron chi connectivity index (χ0n) is 15.1. The lowest BCUT2D eigenvalue weighted by Crippen LogP contribution is -2.48. The standard InChI is InChI=1S/C19H22ClN3O4/c1-26-19(25)17-7-6-14(27-17)12-22-8-10-23(11-9-22)13-18(24)21-16-5-3-2-4-15(16)20/h2-7H,8-13H2,1H3,(H,21,24). The van der Waals surface area contributed by atoms with Gasteiger partial charge in [0.25, 0.3) is 0 Å². The van der Waals surface area contributed by atoms with E-state index in [-0.39, 0.29) is 11.7 Å². The molecule has 1 amide bonds. The van der Waals surface area contributed by atoms with Crippen molar-refractivity contribution >= 4 is 29.2 Å². The Hall–Kier alpha value is -2.35. The summed E-state index contributed by atoms with van der Waals surface area (Å²) < 4.78 is 10.1. The van der Waals surface area contributed by atoms with Crippen LogP contribution in [0.5, 0.6) is 0 Å². The lowest BCUT2D eigenvalue weighted by Gasteiger charge is -2.33. The third kappa shape index (κ3) is 5.32. The zero-order chi connectivity index (χ0) is 19.2. The van der Waals surface area contributed by atoms with Crippen LogP contribution >= 0.6 is 11.6 Å². The summed E-state index contributed by atoms with van der Waals surface area (Å²) in [5, 5.41) is 3.37. The summed E-state index contributed by atoms with van der Waals surface area (Å²) in [7, 11) is 1.33. The van der Waals surface area contributed by atoms with E-state index in [1.165, 1.54) is 7.11 Å². The Morgan fingerprint density at radius 2 is 1.81 bits per heavy atom. The molecule has 0 spiro atoms. The highest BCUT2D eigenvalue weighted by molar-refractivity contribution is 6.33. The Labute approximate surface area is 162 Å². The van der Waals surface area contributed by atoms with Crippen LogP contribution in [0.25, 0.3) is 0 Å². The molecule has 1 aliphatic heterocycles. The third-order valence-electron chi connectivity index (χ3n) is 4.41. The maximum Gasteiger partial charge on any atom is 0.373 e. The van der Waals surface area contributed by atoms with E-state index in [1.807, 2.05) is 12.1 Å². The average molecular weight is 392 g/mol. The van der Waals surface area contributed by atoms with Crippen LogP contribution in [-0.2, 0) is 16.1 Å². The number of nitrogens with zero attached hydrogens (tertiary/aromatic N) is 2. The molecule has 1 N–H and O–H groups in total. The molecular weight excluding hydrogens is 370 g/mol. The number of esters is 1. The second-order valence-electron chi connectivity index (χ2n) is 6.34. The van der Waals surface area contributed by atoms with Gasteiger partial charge in [-0.05, 0) is 24.3 Å². The van der Waals surface area contributed by atoms with Gasteiger partial charge in [0, 0.05) is 26.2 Å². The number of rotatable bonds is 6. The molecule has 1 aliphatic rings. The smallest absolute Gasteiger partial charge is 0.373 e. The fourth-order valence-corrected chi connectivity index (χ4v) is 3.14. The Balaban J connectivity index is 1.43. The molecule has 1 aromatic carbocycles. The minimum Gasteiger partial charge on any atom is -0.463 e. The van der Waals surface area contributed by atoms with Crippen LogP contribution in [0.2, 0.25) is 5.02 Å². The first-order valence-electron chi connectivity index (χ1n) is 8.71. The van der Waals surface area contributed by atoms with Gasteiger partial charge in [-0.3, -0.25) is 14.6 Å². The lowest BCUT2D eigenvalue weighted by atomic mass is 10.3. The number of benzene rings is 1. The van der Waals surface area contributed by atoms with Gasteiger partial charge in [-0.25, -0.2) is 4.79 Å². The van der Waals surface area contributed by atoms with E-state index >= 15 is 0 Å². The number of anilines is 1. The largest absolute Gasteiger partial charge is 0.463 e. The number of ether oxygens (including phenoxy) is 1. The zero-order valence-corrected chi connectivity index (χ0v) is 15.9. The summed E-state index contributed by atoms with van der Waals surface area (Å²) in [4.78, 5) is 28.0. The molecule has 0 aliphatic carbocycles. The monoisotopic (exact) mass is 391 g/mol. The molecule has 1 saturated heterocycles. The molecule has 1 aromatic heterocycles. The number of furan rings is 1. The molecule has 0 unspecified atom stereocenters. The van der Waals surface area contributed by atoms with Crippen molar-refractivity contribution in [3.05, 3.63) is 52.9 Å². The van der Waals surface area contributed by atoms with Gasteiger partial charge in [0.2, 0.25) is 11.7 Å².